The van der Waals surface area contributed by atoms with Crippen molar-refractivity contribution in [3.63, 3.8) is 0 Å². The van der Waals surface area contributed by atoms with E-state index in [0.29, 0.717) is 12.5 Å². The largest absolute Gasteiger partial charge is 0.311 e. The first-order valence-electron chi connectivity index (χ1n) is 6.61. The van der Waals surface area contributed by atoms with E-state index < -0.39 is 0 Å². The molecule has 0 saturated heterocycles. The van der Waals surface area contributed by atoms with Crippen LogP contribution >= 0.6 is 11.6 Å². The molecule has 0 atom stereocenters. The zero-order chi connectivity index (χ0) is 13.7. The lowest BCUT2D eigenvalue weighted by Gasteiger charge is -2.11. The normalized spacial score (nSPS) is 11.2. The van der Waals surface area contributed by atoms with Crippen molar-refractivity contribution in [1.29, 1.82) is 0 Å². The Hall–Kier alpha value is -1.32. The van der Waals surface area contributed by atoms with Crippen LogP contribution in [0, 0.1) is 5.92 Å². The Bertz CT molecular complexity index is 520. The van der Waals surface area contributed by atoms with E-state index in [1.54, 1.807) is 0 Å². The first-order chi connectivity index (χ1) is 9.16. The zero-order valence-electron chi connectivity index (χ0n) is 11.4. The maximum absolute atomic E-state index is 6.18. The molecule has 1 aromatic carbocycles. The molecule has 0 spiro atoms. The van der Waals surface area contributed by atoms with E-state index in [9.17, 15) is 0 Å². The topological polar surface area (TPSA) is 29.9 Å². The molecule has 2 rings (SSSR count). The summed E-state index contributed by atoms with van der Waals surface area (Å²) in [6.07, 6.45) is 1.84. The number of aromatic nitrogens is 2. The van der Waals surface area contributed by atoms with Gasteiger partial charge in [0.1, 0.15) is 0 Å². The van der Waals surface area contributed by atoms with Gasteiger partial charge in [-0.25, -0.2) is 0 Å². The number of halogens is 1. The smallest absolute Gasteiger partial charge is 0.0677 e. The molecule has 2 aromatic rings. The van der Waals surface area contributed by atoms with Crippen LogP contribution in [0.3, 0.4) is 0 Å². The lowest BCUT2D eigenvalue weighted by Crippen LogP contribution is -2.21. The molecule has 0 bridgehead atoms. The number of nitrogens with one attached hydrogen (secondary N) is 1. The zero-order valence-corrected chi connectivity index (χ0v) is 12.2. The van der Waals surface area contributed by atoms with Crippen LogP contribution in [-0.4, -0.2) is 16.3 Å². The van der Waals surface area contributed by atoms with Crippen molar-refractivity contribution in [3.8, 4) is 0 Å². The van der Waals surface area contributed by atoms with Gasteiger partial charge in [0.05, 0.1) is 12.2 Å². The fourth-order valence-electron chi connectivity index (χ4n) is 1.93. The van der Waals surface area contributed by atoms with Crippen LogP contribution in [0.25, 0.3) is 0 Å². The maximum atomic E-state index is 6.18. The summed E-state index contributed by atoms with van der Waals surface area (Å²) in [6, 6.07) is 9.94. The van der Waals surface area contributed by atoms with Gasteiger partial charge in [-0.3, -0.25) is 4.68 Å². The average molecular weight is 278 g/mol. The number of rotatable bonds is 6. The van der Waals surface area contributed by atoms with Gasteiger partial charge in [0.25, 0.3) is 0 Å². The Morgan fingerprint density at radius 3 is 2.79 bits per heavy atom. The Morgan fingerprint density at radius 2 is 2.05 bits per heavy atom. The summed E-state index contributed by atoms with van der Waals surface area (Å²) in [4.78, 5) is 0. The number of hydrogen-bond donors (Lipinski definition) is 1. The Morgan fingerprint density at radius 1 is 1.26 bits per heavy atom. The highest BCUT2D eigenvalue weighted by Gasteiger charge is 2.05. The van der Waals surface area contributed by atoms with Crippen LogP contribution in [-0.2, 0) is 13.1 Å². The van der Waals surface area contributed by atoms with E-state index in [4.69, 9.17) is 11.6 Å². The summed E-state index contributed by atoms with van der Waals surface area (Å²) in [7, 11) is 0. The summed E-state index contributed by atoms with van der Waals surface area (Å²) in [6.45, 7) is 6.97. The molecule has 1 N–H and O–H groups in total. The van der Waals surface area contributed by atoms with Crippen molar-refractivity contribution in [3.05, 3.63) is 52.8 Å². The Labute approximate surface area is 119 Å². The van der Waals surface area contributed by atoms with Gasteiger partial charge in [-0.1, -0.05) is 43.6 Å². The van der Waals surface area contributed by atoms with Crippen molar-refractivity contribution < 1.29 is 0 Å². The third-order valence-electron chi connectivity index (χ3n) is 2.94. The molecule has 3 nitrogen and oxygen atoms in total. The van der Waals surface area contributed by atoms with Gasteiger partial charge < -0.3 is 5.32 Å². The highest BCUT2D eigenvalue weighted by molar-refractivity contribution is 6.31. The van der Waals surface area contributed by atoms with Crippen molar-refractivity contribution in [2.45, 2.75) is 26.9 Å². The van der Waals surface area contributed by atoms with Gasteiger partial charge in [0, 0.05) is 17.8 Å². The van der Waals surface area contributed by atoms with Crippen LogP contribution in [0.15, 0.2) is 36.5 Å². The summed E-state index contributed by atoms with van der Waals surface area (Å²) >= 11 is 6.18. The third-order valence-corrected chi connectivity index (χ3v) is 3.31. The fraction of sp³-hybridized carbons (Fsp3) is 0.400. The maximum Gasteiger partial charge on any atom is 0.0677 e. The molecule has 1 heterocycles. The van der Waals surface area contributed by atoms with Gasteiger partial charge >= 0.3 is 0 Å². The van der Waals surface area contributed by atoms with E-state index in [-0.39, 0.29) is 0 Å². The molecular formula is C15H20ClN3. The predicted molar refractivity (Wildman–Crippen MR) is 79.3 cm³/mol. The first-order valence-corrected chi connectivity index (χ1v) is 6.99. The van der Waals surface area contributed by atoms with Crippen LogP contribution in [0.5, 0.6) is 0 Å². The Kier molecular flexibility index (Phi) is 5.00. The van der Waals surface area contributed by atoms with Crippen LogP contribution < -0.4 is 5.32 Å². The second-order valence-electron chi connectivity index (χ2n) is 5.10. The highest BCUT2D eigenvalue weighted by atomic mass is 35.5. The summed E-state index contributed by atoms with van der Waals surface area (Å²) in [5, 5.41) is 8.59. The standard InChI is InChI=1S/C15H20ClN3/c1-12(2)9-17-10-14-7-8-18-19(14)11-13-5-3-4-6-15(13)16/h3-8,12,17H,9-11H2,1-2H3. The van der Waals surface area contributed by atoms with Gasteiger partial charge in [-0.15, -0.1) is 0 Å². The van der Waals surface area contributed by atoms with Gasteiger partial charge in [-0.05, 0) is 30.2 Å². The molecule has 0 unspecified atom stereocenters. The van der Waals surface area contributed by atoms with E-state index in [2.05, 4.69) is 24.3 Å². The van der Waals surface area contributed by atoms with Crippen LogP contribution in [0.1, 0.15) is 25.1 Å². The van der Waals surface area contributed by atoms with Gasteiger partial charge in [0.2, 0.25) is 0 Å². The van der Waals surface area contributed by atoms with E-state index in [1.807, 2.05) is 41.2 Å². The summed E-state index contributed by atoms with van der Waals surface area (Å²) in [5.41, 5.74) is 2.28. The highest BCUT2D eigenvalue weighted by Crippen LogP contribution is 2.16. The van der Waals surface area contributed by atoms with Crippen molar-refractivity contribution in [1.82, 2.24) is 15.1 Å². The average Bonchev–Trinajstić information content (AvgIpc) is 2.79. The first kappa shape index (κ1) is 14.1. The molecule has 1 aromatic heterocycles. The second kappa shape index (κ2) is 6.73. The van der Waals surface area contributed by atoms with Crippen molar-refractivity contribution in [2.24, 2.45) is 5.92 Å². The second-order valence-corrected chi connectivity index (χ2v) is 5.50. The molecule has 0 aliphatic heterocycles. The predicted octanol–water partition coefficient (Wildman–Crippen LogP) is 3.33. The molecule has 0 aliphatic rings. The molecule has 4 heteroatoms. The molecule has 0 radical (unpaired) electrons. The van der Waals surface area contributed by atoms with Gasteiger partial charge in [0.15, 0.2) is 0 Å². The lowest BCUT2D eigenvalue weighted by atomic mass is 10.2. The third kappa shape index (κ3) is 4.08. The Balaban J connectivity index is 2.01. The SMILES string of the molecule is CC(C)CNCc1ccnn1Cc1ccccc1Cl. The summed E-state index contributed by atoms with van der Waals surface area (Å²) < 4.78 is 1.99. The molecule has 102 valence electrons. The van der Waals surface area contributed by atoms with Crippen molar-refractivity contribution in [2.75, 3.05) is 6.54 Å². The van der Waals surface area contributed by atoms with Crippen LogP contribution in [0.2, 0.25) is 5.02 Å². The molecule has 19 heavy (non-hydrogen) atoms. The van der Waals surface area contributed by atoms with Gasteiger partial charge in [-0.2, -0.15) is 5.10 Å². The molecule has 0 aliphatic carbocycles. The number of hydrogen-bond acceptors (Lipinski definition) is 2. The lowest BCUT2D eigenvalue weighted by molar-refractivity contribution is 0.529. The quantitative estimate of drug-likeness (QED) is 0.878. The molecule has 0 fully saturated rings. The summed E-state index contributed by atoms with van der Waals surface area (Å²) in [5.74, 6) is 0.653. The minimum absolute atomic E-state index is 0.653. The molecule has 0 saturated carbocycles. The minimum Gasteiger partial charge on any atom is -0.311 e. The number of benzene rings is 1. The van der Waals surface area contributed by atoms with Crippen molar-refractivity contribution >= 4 is 11.6 Å². The number of nitrogens with zero attached hydrogens (tertiary/aromatic N) is 2. The molecular weight excluding hydrogens is 258 g/mol. The minimum atomic E-state index is 0.653. The van der Waals surface area contributed by atoms with Crippen LogP contribution in [0.4, 0.5) is 0 Å². The monoisotopic (exact) mass is 277 g/mol. The van der Waals surface area contributed by atoms with E-state index in [0.717, 1.165) is 23.7 Å². The molecule has 0 amide bonds. The van der Waals surface area contributed by atoms with E-state index >= 15 is 0 Å². The fourth-order valence-corrected chi connectivity index (χ4v) is 2.12. The van der Waals surface area contributed by atoms with E-state index in [1.165, 1.54) is 5.69 Å².